The van der Waals surface area contributed by atoms with Crippen LogP contribution in [0.5, 0.6) is 0 Å². The molecule has 1 saturated heterocycles. The zero-order valence-corrected chi connectivity index (χ0v) is 9.99. The molecule has 0 radical (unpaired) electrons. The smallest absolute Gasteiger partial charge is 0.161 e. The number of rotatable bonds is 2. The molecule has 2 aliphatic heterocycles. The maximum absolute atomic E-state index is 10.0. The lowest BCUT2D eigenvalue weighted by Gasteiger charge is -2.32. The van der Waals surface area contributed by atoms with Gasteiger partial charge in [0.05, 0.1) is 19.3 Å². The van der Waals surface area contributed by atoms with Crippen LogP contribution < -0.4 is 4.90 Å². The first-order valence-corrected chi connectivity index (χ1v) is 5.94. The molecule has 3 heterocycles. The molecule has 1 aromatic heterocycles. The number of aliphatic hydroxyl groups is 3. The van der Waals surface area contributed by atoms with Crippen LogP contribution in [0.2, 0.25) is 0 Å². The van der Waals surface area contributed by atoms with E-state index in [1.165, 1.54) is 6.33 Å². The van der Waals surface area contributed by atoms with Crippen molar-refractivity contribution in [2.24, 2.45) is 4.99 Å². The first-order chi connectivity index (χ1) is 9.22. The van der Waals surface area contributed by atoms with E-state index in [9.17, 15) is 10.2 Å². The summed E-state index contributed by atoms with van der Waals surface area (Å²) in [6, 6.07) is 0. The molecule has 0 bridgehead atoms. The van der Waals surface area contributed by atoms with E-state index < -0.39 is 24.5 Å². The average Bonchev–Trinajstić information content (AvgIpc) is 2.74. The number of aliphatic imine (C=N–C) groups is 1. The van der Waals surface area contributed by atoms with E-state index in [4.69, 9.17) is 9.84 Å². The zero-order chi connectivity index (χ0) is 13.4. The van der Waals surface area contributed by atoms with Crippen LogP contribution in [0, 0.1) is 0 Å². The second-order valence-corrected chi connectivity index (χ2v) is 4.42. The Morgan fingerprint density at radius 1 is 1.37 bits per heavy atom. The molecule has 102 valence electrons. The van der Waals surface area contributed by atoms with E-state index >= 15 is 0 Å². The van der Waals surface area contributed by atoms with Gasteiger partial charge in [0.15, 0.2) is 12.0 Å². The third-order valence-electron chi connectivity index (χ3n) is 3.28. The van der Waals surface area contributed by atoms with Crippen molar-refractivity contribution in [2.75, 3.05) is 18.1 Å². The van der Waals surface area contributed by atoms with E-state index in [0.717, 1.165) is 0 Å². The van der Waals surface area contributed by atoms with Crippen LogP contribution >= 0.6 is 0 Å². The monoisotopic (exact) mass is 266 g/mol. The van der Waals surface area contributed by atoms with Gasteiger partial charge in [-0.05, 0) is 0 Å². The number of hydrogen-bond acceptors (Lipinski definition) is 8. The topological polar surface area (TPSA) is 111 Å². The molecule has 1 fully saturated rings. The van der Waals surface area contributed by atoms with E-state index in [0.29, 0.717) is 18.1 Å². The number of aromatic nitrogens is 2. The average molecular weight is 266 g/mol. The summed E-state index contributed by atoms with van der Waals surface area (Å²) in [5, 5.41) is 28.9. The van der Waals surface area contributed by atoms with Crippen molar-refractivity contribution in [1.29, 1.82) is 0 Å². The molecule has 4 atom stereocenters. The van der Waals surface area contributed by atoms with Gasteiger partial charge in [-0.25, -0.2) is 9.97 Å². The number of fused-ring (bicyclic) bond motifs is 1. The molecule has 0 spiro atoms. The number of hydrogen-bond donors (Lipinski definition) is 3. The Kier molecular flexibility index (Phi) is 3.15. The van der Waals surface area contributed by atoms with Crippen LogP contribution in [0.3, 0.4) is 0 Å². The molecule has 3 N–H and O–H groups in total. The highest BCUT2D eigenvalue weighted by molar-refractivity contribution is 5.79. The molecule has 1 aromatic rings. The standard InChI is InChI=1S/C11H14N4O4/c16-4-7-8(17)9(18)11(19-7)15-2-1-13-6-3-12-5-14-10(6)15/h1,3,5,7-9,11,16-18H,2,4H2/t7-,8-,9-,11?/m1/s1. The molecular weight excluding hydrogens is 252 g/mol. The highest BCUT2D eigenvalue weighted by Crippen LogP contribution is 2.33. The van der Waals surface area contributed by atoms with Gasteiger partial charge >= 0.3 is 0 Å². The van der Waals surface area contributed by atoms with E-state index in [1.807, 2.05) is 0 Å². The fourth-order valence-electron chi connectivity index (χ4n) is 2.30. The lowest BCUT2D eigenvalue weighted by Crippen LogP contribution is -2.46. The summed E-state index contributed by atoms with van der Waals surface area (Å²) in [5.74, 6) is 0.535. The van der Waals surface area contributed by atoms with Gasteiger partial charge in [0.1, 0.15) is 30.3 Å². The van der Waals surface area contributed by atoms with Gasteiger partial charge in [0, 0.05) is 6.21 Å². The van der Waals surface area contributed by atoms with Gasteiger partial charge in [0.25, 0.3) is 0 Å². The molecule has 0 aromatic carbocycles. The lowest BCUT2D eigenvalue weighted by molar-refractivity contribution is -0.0219. The Morgan fingerprint density at radius 2 is 2.21 bits per heavy atom. The van der Waals surface area contributed by atoms with Crippen LogP contribution in [0.25, 0.3) is 0 Å². The van der Waals surface area contributed by atoms with Crippen molar-refractivity contribution >= 4 is 17.7 Å². The molecule has 0 amide bonds. The molecule has 0 aliphatic carbocycles. The van der Waals surface area contributed by atoms with Crippen LogP contribution in [0.15, 0.2) is 17.5 Å². The Hall–Kier alpha value is -1.61. The van der Waals surface area contributed by atoms with Crippen molar-refractivity contribution in [3.63, 3.8) is 0 Å². The fourth-order valence-corrected chi connectivity index (χ4v) is 2.30. The summed E-state index contributed by atoms with van der Waals surface area (Å²) in [5.41, 5.74) is 0.575. The minimum atomic E-state index is -1.13. The summed E-state index contributed by atoms with van der Waals surface area (Å²) in [7, 11) is 0. The van der Waals surface area contributed by atoms with Crippen molar-refractivity contribution in [2.45, 2.75) is 24.5 Å². The van der Waals surface area contributed by atoms with E-state index in [2.05, 4.69) is 15.0 Å². The summed E-state index contributed by atoms with van der Waals surface area (Å²) >= 11 is 0. The van der Waals surface area contributed by atoms with Crippen LogP contribution in [0.4, 0.5) is 11.5 Å². The quantitative estimate of drug-likeness (QED) is 0.593. The van der Waals surface area contributed by atoms with Gasteiger partial charge < -0.3 is 25.0 Å². The maximum Gasteiger partial charge on any atom is 0.161 e. The summed E-state index contributed by atoms with van der Waals surface area (Å²) in [6.07, 6.45) is 0.781. The largest absolute Gasteiger partial charge is 0.394 e. The highest BCUT2D eigenvalue weighted by Gasteiger charge is 2.46. The molecule has 8 heteroatoms. The minimum Gasteiger partial charge on any atom is -0.394 e. The predicted octanol–water partition coefficient (Wildman–Crippen LogP) is -1.56. The number of anilines is 1. The molecule has 0 saturated carbocycles. The maximum atomic E-state index is 10.0. The van der Waals surface area contributed by atoms with Crippen LogP contribution in [0.1, 0.15) is 0 Å². The van der Waals surface area contributed by atoms with Gasteiger partial charge in [-0.2, -0.15) is 0 Å². The number of nitrogens with zero attached hydrogens (tertiary/aromatic N) is 4. The van der Waals surface area contributed by atoms with Crippen molar-refractivity contribution in [3.05, 3.63) is 12.5 Å². The fraction of sp³-hybridized carbons (Fsp3) is 0.545. The highest BCUT2D eigenvalue weighted by atomic mass is 16.6. The first kappa shape index (κ1) is 12.4. The van der Waals surface area contributed by atoms with E-state index in [1.54, 1.807) is 17.3 Å². The molecule has 2 aliphatic rings. The van der Waals surface area contributed by atoms with Crippen molar-refractivity contribution < 1.29 is 20.1 Å². The van der Waals surface area contributed by atoms with Gasteiger partial charge in [-0.1, -0.05) is 0 Å². The lowest BCUT2D eigenvalue weighted by atomic mass is 10.1. The Balaban J connectivity index is 1.90. The Bertz CT molecular complexity index is 497. The van der Waals surface area contributed by atoms with Crippen molar-refractivity contribution in [1.82, 2.24) is 9.97 Å². The van der Waals surface area contributed by atoms with Crippen molar-refractivity contribution in [3.8, 4) is 0 Å². The first-order valence-electron chi connectivity index (χ1n) is 5.94. The predicted molar refractivity (Wildman–Crippen MR) is 65.3 cm³/mol. The van der Waals surface area contributed by atoms with E-state index in [-0.39, 0.29) is 6.61 Å². The molecule has 3 rings (SSSR count). The van der Waals surface area contributed by atoms with Gasteiger partial charge in [0.2, 0.25) is 0 Å². The Morgan fingerprint density at radius 3 is 2.95 bits per heavy atom. The summed E-state index contributed by atoms with van der Waals surface area (Å²) in [4.78, 5) is 13.8. The van der Waals surface area contributed by atoms with Gasteiger partial charge in [-0.15, -0.1) is 0 Å². The molecular formula is C11H14N4O4. The minimum absolute atomic E-state index is 0.354. The summed E-state index contributed by atoms with van der Waals surface area (Å²) in [6.45, 7) is 0.0455. The molecule has 19 heavy (non-hydrogen) atoms. The Labute approximate surface area is 109 Å². The SMILES string of the molecule is OC[C@H]1OC(N2CC=Nc3cncnc32)[C@H](O)[C@@H]1O. The number of aliphatic hydroxyl groups excluding tert-OH is 3. The molecule has 1 unspecified atom stereocenters. The third-order valence-corrected chi connectivity index (χ3v) is 3.28. The second kappa shape index (κ2) is 4.82. The zero-order valence-electron chi connectivity index (χ0n) is 9.99. The second-order valence-electron chi connectivity index (χ2n) is 4.42. The van der Waals surface area contributed by atoms with Gasteiger partial charge in [-0.3, -0.25) is 4.99 Å². The summed E-state index contributed by atoms with van der Waals surface area (Å²) < 4.78 is 5.49. The normalized spacial score (nSPS) is 33.5. The third kappa shape index (κ3) is 1.98. The van der Waals surface area contributed by atoms with Crippen LogP contribution in [-0.4, -0.2) is 69.2 Å². The molecule has 8 nitrogen and oxygen atoms in total. The van der Waals surface area contributed by atoms with Crippen LogP contribution in [-0.2, 0) is 4.74 Å². The number of ether oxygens (including phenoxy) is 1.